The van der Waals surface area contributed by atoms with Crippen molar-refractivity contribution in [2.75, 3.05) is 5.32 Å². The van der Waals surface area contributed by atoms with Gasteiger partial charge in [0.15, 0.2) is 11.5 Å². The van der Waals surface area contributed by atoms with Crippen molar-refractivity contribution in [1.82, 2.24) is 24.1 Å². The molecule has 7 heteroatoms. The highest BCUT2D eigenvalue weighted by atomic mass is 15.3. The third kappa shape index (κ3) is 2.77. The summed E-state index contributed by atoms with van der Waals surface area (Å²) in [7, 11) is 0. The van der Waals surface area contributed by atoms with Gasteiger partial charge in [-0.05, 0) is 31.0 Å². The second kappa shape index (κ2) is 6.05. The maximum atomic E-state index is 4.85. The van der Waals surface area contributed by atoms with Crippen molar-refractivity contribution in [3.8, 4) is 11.3 Å². The van der Waals surface area contributed by atoms with E-state index in [9.17, 15) is 0 Å². The Bertz CT molecular complexity index is 1170. The van der Waals surface area contributed by atoms with Gasteiger partial charge in [0.1, 0.15) is 0 Å². The lowest BCUT2D eigenvalue weighted by molar-refractivity contribution is 0.532. The molecular weight excluding hydrogens is 338 g/mol. The monoisotopic (exact) mass is 357 g/mol. The Kier molecular flexibility index (Phi) is 3.53. The van der Waals surface area contributed by atoms with Gasteiger partial charge in [-0.15, -0.1) is 0 Å². The normalized spacial score (nSPS) is 12.9. The first-order chi connectivity index (χ1) is 13.2. The molecule has 0 saturated heterocycles. The van der Waals surface area contributed by atoms with Crippen LogP contribution in [0, 0.1) is 0 Å². The van der Waals surface area contributed by atoms with Crippen molar-refractivity contribution in [2.24, 2.45) is 4.99 Å². The minimum atomic E-state index is 0.305. The second-order valence-electron chi connectivity index (χ2n) is 6.94. The molecule has 0 fully saturated rings. The molecule has 0 aliphatic carbocycles. The fourth-order valence-electron chi connectivity index (χ4n) is 3.25. The van der Waals surface area contributed by atoms with E-state index >= 15 is 0 Å². The summed E-state index contributed by atoms with van der Waals surface area (Å²) < 4.78 is 3.90. The van der Waals surface area contributed by atoms with E-state index in [1.165, 1.54) is 11.1 Å². The third-order valence-electron chi connectivity index (χ3n) is 4.70. The maximum Gasteiger partial charge on any atom is 0.180 e. The molecular formula is C20H19N7. The first-order valence-electron chi connectivity index (χ1n) is 8.95. The Labute approximate surface area is 156 Å². The molecule has 5 rings (SSSR count). The highest BCUT2D eigenvalue weighted by Crippen LogP contribution is 2.27. The van der Waals surface area contributed by atoms with E-state index in [1.807, 2.05) is 33.9 Å². The number of aromatic nitrogens is 5. The van der Waals surface area contributed by atoms with Crippen LogP contribution in [0.25, 0.3) is 16.9 Å². The average molecular weight is 357 g/mol. The number of hydrogen-bond donors (Lipinski definition) is 1. The number of anilines is 2. The lowest BCUT2D eigenvalue weighted by atomic mass is 10.0. The molecule has 0 saturated carbocycles. The Morgan fingerprint density at radius 2 is 2.11 bits per heavy atom. The number of imidazole rings is 1. The van der Waals surface area contributed by atoms with Crippen LogP contribution >= 0.6 is 0 Å². The molecule has 1 aromatic carbocycles. The minimum absolute atomic E-state index is 0.305. The SMILES string of the molecule is CC(C)n1cc(Nc2nc(-c3ccc4c(c3)CN=C4)cn3ccnc23)cn1. The number of hydrogen-bond acceptors (Lipinski definition) is 5. The highest BCUT2D eigenvalue weighted by molar-refractivity contribution is 5.86. The van der Waals surface area contributed by atoms with Gasteiger partial charge < -0.3 is 9.72 Å². The van der Waals surface area contributed by atoms with Crippen LogP contribution in [-0.2, 0) is 6.54 Å². The van der Waals surface area contributed by atoms with Crippen molar-refractivity contribution in [3.63, 3.8) is 0 Å². The average Bonchev–Trinajstić information content (AvgIpc) is 3.40. The zero-order chi connectivity index (χ0) is 18.4. The highest BCUT2D eigenvalue weighted by Gasteiger charge is 2.13. The van der Waals surface area contributed by atoms with Crippen LogP contribution in [0.3, 0.4) is 0 Å². The fraction of sp³-hybridized carbons (Fsp3) is 0.200. The van der Waals surface area contributed by atoms with Crippen molar-refractivity contribution >= 4 is 23.4 Å². The molecule has 0 bridgehead atoms. The van der Waals surface area contributed by atoms with Crippen LogP contribution in [0.2, 0.25) is 0 Å². The molecule has 0 atom stereocenters. The van der Waals surface area contributed by atoms with Gasteiger partial charge in [-0.3, -0.25) is 9.67 Å². The number of rotatable bonds is 4. The van der Waals surface area contributed by atoms with Crippen molar-refractivity contribution in [3.05, 3.63) is 60.3 Å². The van der Waals surface area contributed by atoms with Gasteiger partial charge in [0.2, 0.25) is 0 Å². The molecule has 27 heavy (non-hydrogen) atoms. The van der Waals surface area contributed by atoms with Crippen LogP contribution in [0.1, 0.15) is 31.0 Å². The minimum Gasteiger partial charge on any atom is -0.335 e. The van der Waals surface area contributed by atoms with Gasteiger partial charge >= 0.3 is 0 Å². The second-order valence-corrected chi connectivity index (χ2v) is 6.94. The molecule has 0 unspecified atom stereocenters. The van der Waals surface area contributed by atoms with Gasteiger partial charge in [0, 0.05) is 42.6 Å². The van der Waals surface area contributed by atoms with Gasteiger partial charge in [0.05, 0.1) is 24.1 Å². The predicted molar refractivity (Wildman–Crippen MR) is 106 cm³/mol. The standard InChI is InChI=1S/C20H19N7/c1-13(2)27-11-17(10-23-27)24-19-20-22-5-6-26(20)12-18(25-19)14-3-4-15-8-21-9-16(15)7-14/h3-8,10-13H,9H2,1-2H3,(H,24,25). The molecule has 0 amide bonds. The summed E-state index contributed by atoms with van der Waals surface area (Å²) >= 11 is 0. The van der Waals surface area contributed by atoms with Gasteiger partial charge in [-0.2, -0.15) is 5.10 Å². The number of fused-ring (bicyclic) bond motifs is 2. The Hall–Kier alpha value is -3.48. The molecule has 0 radical (unpaired) electrons. The van der Waals surface area contributed by atoms with Crippen LogP contribution < -0.4 is 5.32 Å². The van der Waals surface area contributed by atoms with Crippen molar-refractivity contribution in [1.29, 1.82) is 0 Å². The summed E-state index contributed by atoms with van der Waals surface area (Å²) in [6.45, 7) is 4.93. The first-order valence-corrected chi connectivity index (χ1v) is 8.95. The summed E-state index contributed by atoms with van der Waals surface area (Å²) in [5, 5.41) is 7.75. The number of nitrogens with one attached hydrogen (secondary N) is 1. The van der Waals surface area contributed by atoms with Crippen molar-refractivity contribution in [2.45, 2.75) is 26.4 Å². The van der Waals surface area contributed by atoms with E-state index in [0.29, 0.717) is 11.9 Å². The van der Waals surface area contributed by atoms with Crippen LogP contribution in [-0.4, -0.2) is 30.4 Å². The van der Waals surface area contributed by atoms with Crippen LogP contribution in [0.5, 0.6) is 0 Å². The molecule has 1 aliphatic rings. The summed E-state index contributed by atoms with van der Waals surface area (Å²) in [5.41, 5.74) is 6.03. The van der Waals surface area contributed by atoms with Gasteiger partial charge in [0.25, 0.3) is 0 Å². The summed E-state index contributed by atoms with van der Waals surface area (Å²) in [4.78, 5) is 13.6. The summed E-state index contributed by atoms with van der Waals surface area (Å²) in [6, 6.07) is 6.65. The first kappa shape index (κ1) is 15.7. The molecule has 0 spiro atoms. The van der Waals surface area contributed by atoms with E-state index < -0.39 is 0 Å². The Balaban J connectivity index is 1.57. The quantitative estimate of drug-likeness (QED) is 0.602. The zero-order valence-electron chi connectivity index (χ0n) is 15.2. The third-order valence-corrected chi connectivity index (χ3v) is 4.70. The number of aliphatic imine (C=N–C) groups is 1. The Morgan fingerprint density at radius 1 is 1.19 bits per heavy atom. The molecule has 1 N–H and O–H groups in total. The zero-order valence-corrected chi connectivity index (χ0v) is 15.2. The predicted octanol–water partition coefficient (Wildman–Crippen LogP) is 3.85. The molecule has 3 aromatic heterocycles. The Morgan fingerprint density at radius 3 is 2.96 bits per heavy atom. The van der Waals surface area contributed by atoms with Crippen molar-refractivity contribution < 1.29 is 0 Å². The fourth-order valence-corrected chi connectivity index (χ4v) is 3.25. The molecule has 4 heterocycles. The van der Waals surface area contributed by atoms with Crippen LogP contribution in [0.4, 0.5) is 11.5 Å². The van der Waals surface area contributed by atoms with E-state index in [1.54, 1.807) is 12.4 Å². The lowest BCUT2D eigenvalue weighted by Crippen LogP contribution is -2.01. The topological polar surface area (TPSA) is 72.4 Å². The molecule has 1 aliphatic heterocycles. The molecule has 134 valence electrons. The van der Waals surface area contributed by atoms with Crippen LogP contribution in [0.15, 0.2) is 54.2 Å². The van der Waals surface area contributed by atoms with E-state index in [0.717, 1.165) is 29.1 Å². The van der Waals surface area contributed by atoms with E-state index in [2.05, 4.69) is 52.4 Å². The summed E-state index contributed by atoms with van der Waals surface area (Å²) in [5.74, 6) is 0.706. The number of benzene rings is 1. The van der Waals surface area contributed by atoms with Gasteiger partial charge in [-0.1, -0.05) is 12.1 Å². The largest absolute Gasteiger partial charge is 0.335 e. The van der Waals surface area contributed by atoms with E-state index in [4.69, 9.17) is 4.98 Å². The van der Waals surface area contributed by atoms with Gasteiger partial charge in [-0.25, -0.2) is 9.97 Å². The summed E-state index contributed by atoms with van der Waals surface area (Å²) in [6.07, 6.45) is 11.4. The lowest BCUT2D eigenvalue weighted by Gasteiger charge is -2.10. The smallest absolute Gasteiger partial charge is 0.180 e. The molecule has 4 aromatic rings. The number of nitrogens with zero attached hydrogens (tertiary/aromatic N) is 6. The molecule has 7 nitrogen and oxygen atoms in total. The maximum absolute atomic E-state index is 4.85. The van der Waals surface area contributed by atoms with E-state index in [-0.39, 0.29) is 0 Å².